The zero-order valence-corrected chi connectivity index (χ0v) is 37.8. The van der Waals surface area contributed by atoms with Crippen LogP contribution in [0.1, 0.15) is 16.7 Å². The predicted molar refractivity (Wildman–Crippen MR) is 254 cm³/mol. The highest BCUT2D eigenvalue weighted by Crippen LogP contribution is 2.35. The molecule has 0 atom stereocenters. The van der Waals surface area contributed by atoms with Gasteiger partial charge in [-0.2, -0.15) is 27.1 Å². The van der Waals surface area contributed by atoms with Crippen LogP contribution in [0.4, 0.5) is 51.2 Å². The topological polar surface area (TPSA) is 359 Å². The first-order chi connectivity index (χ1) is 32.6. The number of anilines is 6. The molecule has 0 saturated carbocycles. The number of aryl methyl sites for hydroxylation is 1. The average Bonchev–Trinajstić information content (AvgIpc) is 3.28. The van der Waals surface area contributed by atoms with Crippen LogP contribution in [0, 0.1) is 17.0 Å². The molecule has 0 bridgehead atoms. The lowest BCUT2D eigenvalue weighted by atomic mass is 9.94. The number of carbonyl (C=O) groups is 1. The molecule has 24 nitrogen and oxygen atoms in total. The summed E-state index contributed by atoms with van der Waals surface area (Å²) < 4.78 is 96.3. The van der Waals surface area contributed by atoms with E-state index < -0.39 is 95.0 Å². The van der Waals surface area contributed by atoms with Crippen molar-refractivity contribution in [1.29, 1.82) is 0 Å². The van der Waals surface area contributed by atoms with Gasteiger partial charge in [-0.1, -0.05) is 36.4 Å². The van der Waals surface area contributed by atoms with Crippen LogP contribution in [-0.2, 0) is 35.1 Å². The molecule has 0 aliphatic heterocycles. The van der Waals surface area contributed by atoms with Crippen molar-refractivity contribution < 1.29 is 44.1 Å². The molecule has 0 spiro atoms. The standard InChI is InChI=1S/C42H33N11O13S3/c1-23-17-32(47-45-26-13-16-30(38(18-26)69(64,65)66)43-24-9-5-3-6-10-24)33(52-67(2,59)60)20-31(23)46-48-34-21-35(42(56)40(41(34)55)51-44-25-11-7-4-8-12-25)49-50-39-28-15-14-27(53(57)58)19-29(28)37(22-36(39)54)68(61,62)63/h3-22,43-45,47,52H,1-2H3,(H,61,62,63)(H,64,65,66)/b48-46?,49-35?,50-39+,51-40?. The number of hydrazine groups is 1. The third kappa shape index (κ3) is 11.5. The molecule has 6 aromatic carbocycles. The molecule has 0 aromatic heterocycles. The highest BCUT2D eigenvalue weighted by molar-refractivity contribution is 7.95. The lowest BCUT2D eigenvalue weighted by Crippen LogP contribution is -2.47. The Morgan fingerprint density at radius 2 is 1.30 bits per heavy atom. The number of ketones is 1. The van der Waals surface area contributed by atoms with Crippen LogP contribution in [0.2, 0.25) is 0 Å². The Morgan fingerprint density at radius 3 is 1.94 bits per heavy atom. The van der Waals surface area contributed by atoms with Crippen LogP contribution in [-0.4, -0.2) is 57.0 Å². The van der Waals surface area contributed by atoms with Crippen LogP contribution in [0.5, 0.6) is 0 Å². The number of nitrogens with one attached hydrogen (secondary N) is 5. The number of hydrogen-bond donors (Lipinski definition) is 7. The number of non-ortho nitro benzene ring substituents is 1. The van der Waals surface area contributed by atoms with Crippen molar-refractivity contribution in [3.05, 3.63) is 179 Å². The van der Waals surface area contributed by atoms with Gasteiger partial charge in [0, 0.05) is 41.1 Å². The van der Waals surface area contributed by atoms with E-state index in [2.05, 4.69) is 51.8 Å². The molecule has 7 rings (SSSR count). The number of benzene rings is 6. The van der Waals surface area contributed by atoms with Gasteiger partial charge in [0.05, 0.1) is 45.3 Å². The van der Waals surface area contributed by atoms with Gasteiger partial charge in [-0.05, 0) is 73.2 Å². The quantitative estimate of drug-likeness (QED) is 0.0315. The third-order valence-electron chi connectivity index (χ3n) is 9.56. The predicted octanol–water partition coefficient (Wildman–Crippen LogP) is 4.76. The highest BCUT2D eigenvalue weighted by atomic mass is 32.2. The Balaban J connectivity index is 1.29. The number of hydrogen-bond acceptors (Lipinski definition) is 20. The third-order valence-corrected chi connectivity index (χ3v) is 11.9. The summed E-state index contributed by atoms with van der Waals surface area (Å²) >= 11 is 0. The number of allylic oxidation sites excluding steroid dienone is 1. The maximum absolute atomic E-state index is 13.8. The monoisotopic (exact) mass is 995 g/mol. The lowest BCUT2D eigenvalue weighted by Gasteiger charge is -2.17. The van der Waals surface area contributed by atoms with Gasteiger partial charge in [0.15, 0.2) is 5.36 Å². The number of nitro groups is 1. The molecule has 7 N–H and O–H groups in total. The Bertz CT molecular complexity index is 3790. The van der Waals surface area contributed by atoms with Crippen molar-refractivity contribution in [3.63, 3.8) is 0 Å². The Labute approximate surface area is 389 Å². The summed E-state index contributed by atoms with van der Waals surface area (Å²) in [7, 11) is -13.8. The fourth-order valence-corrected chi connectivity index (χ4v) is 8.34. The Hall–Kier alpha value is -8.63. The van der Waals surface area contributed by atoms with Crippen molar-refractivity contribution in [3.8, 4) is 0 Å². The maximum Gasteiger partial charge on any atom is 0.296 e. The second kappa shape index (κ2) is 19.3. The number of azo groups is 1. The van der Waals surface area contributed by atoms with Gasteiger partial charge in [0.2, 0.25) is 26.7 Å². The van der Waals surface area contributed by atoms with E-state index in [1.807, 2.05) is 0 Å². The second-order valence-corrected chi connectivity index (χ2v) is 19.1. The minimum absolute atomic E-state index is 0.0261. The highest BCUT2D eigenvalue weighted by Gasteiger charge is 2.32. The molecule has 1 aliphatic carbocycles. The van der Waals surface area contributed by atoms with Crippen molar-refractivity contribution in [2.75, 3.05) is 32.6 Å². The number of rotatable bonds is 15. The van der Waals surface area contributed by atoms with Crippen molar-refractivity contribution in [2.45, 2.75) is 11.8 Å². The van der Waals surface area contributed by atoms with Gasteiger partial charge < -0.3 is 10.7 Å². The molecular weight excluding hydrogens is 963 g/mol. The minimum Gasteiger partial charge on any atom is -0.354 e. The summed E-state index contributed by atoms with van der Waals surface area (Å²) in [5.41, 5.74) is 4.69. The molecule has 0 unspecified atom stereocenters. The molecule has 0 radical (unpaired) electrons. The van der Waals surface area contributed by atoms with Crippen LogP contribution < -0.4 is 47.9 Å². The van der Waals surface area contributed by atoms with Crippen LogP contribution >= 0.6 is 0 Å². The first-order valence-corrected chi connectivity index (χ1v) is 24.2. The fraction of sp³-hybridized carbons (Fsp3) is 0.0476. The van der Waals surface area contributed by atoms with Gasteiger partial charge in [-0.15, -0.1) is 15.3 Å². The number of sulfonamides is 1. The normalized spacial score (nSPS) is 14.1. The van der Waals surface area contributed by atoms with Crippen molar-refractivity contribution in [2.24, 2.45) is 25.5 Å². The first-order valence-electron chi connectivity index (χ1n) is 19.4. The van der Waals surface area contributed by atoms with E-state index in [-0.39, 0.29) is 34.0 Å². The summed E-state index contributed by atoms with van der Waals surface area (Å²) in [6, 6.07) is 26.9. The largest absolute Gasteiger partial charge is 0.354 e. The molecular formula is C42H33N11O13S3. The van der Waals surface area contributed by atoms with Gasteiger partial charge in [0.1, 0.15) is 26.6 Å². The van der Waals surface area contributed by atoms with Gasteiger partial charge in [0.25, 0.3) is 25.9 Å². The van der Waals surface area contributed by atoms with E-state index in [0.29, 0.717) is 23.0 Å². The van der Waals surface area contributed by atoms with E-state index in [9.17, 15) is 58.9 Å². The van der Waals surface area contributed by atoms with Crippen molar-refractivity contribution >= 4 is 97.8 Å². The molecule has 27 heteroatoms. The van der Waals surface area contributed by atoms with E-state index >= 15 is 0 Å². The Morgan fingerprint density at radius 1 is 0.638 bits per heavy atom. The smallest absolute Gasteiger partial charge is 0.296 e. The average molecular weight is 996 g/mol. The lowest BCUT2D eigenvalue weighted by molar-refractivity contribution is -0.384. The maximum atomic E-state index is 13.8. The molecule has 0 heterocycles. The summed E-state index contributed by atoms with van der Waals surface area (Å²) in [5.74, 6) is -1.13. The molecule has 0 amide bonds. The van der Waals surface area contributed by atoms with E-state index in [4.69, 9.17) is 0 Å². The number of para-hydroxylation sites is 2. The second-order valence-electron chi connectivity index (χ2n) is 14.6. The van der Waals surface area contributed by atoms with Crippen LogP contribution in [0.25, 0.3) is 4.91 Å². The zero-order chi connectivity index (χ0) is 49.8. The van der Waals surface area contributed by atoms with Crippen LogP contribution in [0.15, 0.2) is 161 Å². The molecule has 1 aliphatic rings. The molecule has 69 heavy (non-hydrogen) atoms. The van der Waals surface area contributed by atoms with E-state index in [1.54, 1.807) is 67.6 Å². The summed E-state index contributed by atoms with van der Waals surface area (Å²) in [6.45, 7) is 1.54. The van der Waals surface area contributed by atoms with Gasteiger partial charge >= 0.3 is 0 Å². The van der Waals surface area contributed by atoms with Crippen LogP contribution in [0.3, 0.4) is 0 Å². The van der Waals surface area contributed by atoms with E-state index in [1.165, 1.54) is 24.3 Å². The Kier molecular flexibility index (Phi) is 13.5. The summed E-state index contributed by atoms with van der Waals surface area (Å²) in [5, 5.41) is 32.9. The zero-order valence-electron chi connectivity index (χ0n) is 35.3. The summed E-state index contributed by atoms with van der Waals surface area (Å²) in [4.78, 5) is 50.0. The minimum atomic E-state index is -5.10. The summed E-state index contributed by atoms with van der Waals surface area (Å²) in [6.07, 6.45) is 1.33. The number of nitro benzene ring substituents is 1. The van der Waals surface area contributed by atoms with Gasteiger partial charge in [-0.25, -0.2) is 8.42 Å². The molecule has 0 saturated heterocycles. The first kappa shape index (κ1) is 48.3. The van der Waals surface area contributed by atoms with Gasteiger partial charge in [-0.3, -0.25) is 49.2 Å². The molecule has 0 fully saturated rings. The number of fused-ring (bicyclic) bond motifs is 1. The molecule has 352 valence electrons. The van der Waals surface area contributed by atoms with E-state index in [0.717, 1.165) is 36.6 Å². The number of carbonyl (C=O) groups excluding carboxylic acids is 1. The number of nitrogens with zero attached hydrogens (tertiary/aromatic N) is 6. The fourth-order valence-electron chi connectivity index (χ4n) is 6.40. The molecule has 6 aromatic rings. The van der Waals surface area contributed by atoms with Crippen molar-refractivity contribution in [1.82, 2.24) is 0 Å². The SMILES string of the molecule is Cc1cc(NNc2ccc(Nc3ccccc3)c(S(=O)(=O)O)c2)c(NS(C)(=O)=O)cc1N=Nc1cc(=N/N=C2/C(=O)C=C(S(=O)(=O)O)c3cc([N+](=O)[O-])ccc32)c(=O)c(=NNc2ccccc2)c1=O.